The van der Waals surface area contributed by atoms with Crippen LogP contribution in [0.5, 0.6) is 11.5 Å². The smallest absolute Gasteiger partial charge is 0.243 e. The Labute approximate surface area is 179 Å². The molecule has 2 aromatic heterocycles. The molecular weight excluding hydrogens is 394 g/mol. The first-order valence-corrected chi connectivity index (χ1v) is 10.2. The summed E-state index contributed by atoms with van der Waals surface area (Å²) >= 11 is 0. The Morgan fingerprint density at radius 2 is 1.84 bits per heavy atom. The van der Waals surface area contributed by atoms with Crippen molar-refractivity contribution in [3.63, 3.8) is 0 Å². The van der Waals surface area contributed by atoms with Crippen LogP contribution in [-0.4, -0.2) is 33.1 Å². The highest BCUT2D eigenvalue weighted by Crippen LogP contribution is 2.35. The molecule has 3 heterocycles. The van der Waals surface area contributed by atoms with Gasteiger partial charge in [-0.3, -0.25) is 4.68 Å². The van der Waals surface area contributed by atoms with Crippen LogP contribution in [0.15, 0.2) is 59.3 Å². The molecule has 0 unspecified atom stereocenters. The summed E-state index contributed by atoms with van der Waals surface area (Å²) in [4.78, 5) is 4.54. The standard InChI is InChI=1S/C23H23N5O3/c1-15(23-25-22(27-31-23)16-6-4-3-5-7-16)24-13-18-14-28(2)26-21(18)17-8-9-19-20(12-17)30-11-10-29-19/h3-9,12,14-15,24H,10-11,13H2,1-2H3/t15-/m0/s1. The second-order valence-corrected chi connectivity index (χ2v) is 7.46. The third-order valence-corrected chi connectivity index (χ3v) is 5.16. The molecule has 2 aromatic carbocycles. The second kappa shape index (κ2) is 8.23. The Kier molecular flexibility index (Phi) is 5.13. The van der Waals surface area contributed by atoms with Crippen molar-refractivity contribution in [2.75, 3.05) is 13.2 Å². The van der Waals surface area contributed by atoms with E-state index in [1.54, 1.807) is 0 Å². The molecule has 8 heteroatoms. The van der Waals surface area contributed by atoms with Gasteiger partial charge in [0.2, 0.25) is 11.7 Å². The van der Waals surface area contributed by atoms with Gasteiger partial charge >= 0.3 is 0 Å². The van der Waals surface area contributed by atoms with Crippen molar-refractivity contribution in [2.45, 2.75) is 19.5 Å². The maximum Gasteiger partial charge on any atom is 0.243 e. The summed E-state index contributed by atoms with van der Waals surface area (Å²) in [6.45, 7) is 3.73. The van der Waals surface area contributed by atoms with E-state index in [0.29, 0.717) is 31.5 Å². The predicted molar refractivity (Wildman–Crippen MR) is 115 cm³/mol. The molecule has 0 amide bonds. The van der Waals surface area contributed by atoms with E-state index in [2.05, 4.69) is 20.6 Å². The minimum Gasteiger partial charge on any atom is -0.486 e. The number of nitrogens with zero attached hydrogens (tertiary/aromatic N) is 4. The molecule has 0 radical (unpaired) electrons. The molecule has 4 aromatic rings. The molecule has 5 rings (SSSR count). The summed E-state index contributed by atoms with van der Waals surface area (Å²) in [5.41, 5.74) is 3.87. The molecular formula is C23H23N5O3. The zero-order valence-electron chi connectivity index (χ0n) is 17.4. The summed E-state index contributed by atoms with van der Waals surface area (Å²) in [7, 11) is 1.92. The van der Waals surface area contributed by atoms with Gasteiger partial charge < -0.3 is 19.3 Å². The Bertz CT molecular complexity index is 1190. The molecule has 0 saturated heterocycles. The van der Waals surface area contributed by atoms with Crippen molar-refractivity contribution < 1.29 is 14.0 Å². The average molecular weight is 417 g/mol. The van der Waals surface area contributed by atoms with E-state index in [-0.39, 0.29) is 6.04 Å². The van der Waals surface area contributed by atoms with Crippen LogP contribution in [0.2, 0.25) is 0 Å². The van der Waals surface area contributed by atoms with E-state index in [4.69, 9.17) is 14.0 Å². The van der Waals surface area contributed by atoms with E-state index < -0.39 is 0 Å². The molecule has 0 bridgehead atoms. The molecule has 158 valence electrons. The van der Waals surface area contributed by atoms with Gasteiger partial charge in [-0.05, 0) is 25.1 Å². The van der Waals surface area contributed by atoms with Crippen molar-refractivity contribution in [1.82, 2.24) is 25.2 Å². The van der Waals surface area contributed by atoms with Gasteiger partial charge in [-0.25, -0.2) is 0 Å². The monoisotopic (exact) mass is 417 g/mol. The normalized spacial score (nSPS) is 13.9. The number of aromatic nitrogens is 4. The van der Waals surface area contributed by atoms with Crippen molar-refractivity contribution in [3.05, 3.63) is 66.2 Å². The lowest BCUT2D eigenvalue weighted by Crippen LogP contribution is -2.18. The Morgan fingerprint density at radius 1 is 1.03 bits per heavy atom. The van der Waals surface area contributed by atoms with Crippen LogP contribution in [0, 0.1) is 0 Å². The van der Waals surface area contributed by atoms with Crippen molar-refractivity contribution in [1.29, 1.82) is 0 Å². The fraction of sp³-hybridized carbons (Fsp3) is 0.261. The summed E-state index contributed by atoms with van der Waals surface area (Å²) in [5.74, 6) is 2.65. The fourth-order valence-electron chi connectivity index (χ4n) is 3.57. The van der Waals surface area contributed by atoms with Crippen LogP contribution in [0.25, 0.3) is 22.6 Å². The topological polar surface area (TPSA) is 87.2 Å². The third kappa shape index (κ3) is 4.02. The number of hydrogen-bond acceptors (Lipinski definition) is 7. The molecule has 0 saturated carbocycles. The summed E-state index contributed by atoms with van der Waals surface area (Å²) in [6, 6.07) is 15.6. The molecule has 0 aliphatic carbocycles. The van der Waals surface area contributed by atoms with Crippen LogP contribution in [0.3, 0.4) is 0 Å². The number of aryl methyl sites for hydroxylation is 1. The largest absolute Gasteiger partial charge is 0.486 e. The van der Waals surface area contributed by atoms with Crippen molar-refractivity contribution >= 4 is 0 Å². The van der Waals surface area contributed by atoms with Gasteiger partial charge in [-0.1, -0.05) is 35.5 Å². The minimum absolute atomic E-state index is 0.113. The Balaban J connectivity index is 1.32. The van der Waals surface area contributed by atoms with Gasteiger partial charge in [-0.15, -0.1) is 0 Å². The SMILES string of the molecule is C[C@H](NCc1cn(C)nc1-c1ccc2c(c1)OCCO2)c1nc(-c2ccccc2)no1. The number of benzene rings is 2. The molecule has 1 N–H and O–H groups in total. The zero-order valence-corrected chi connectivity index (χ0v) is 17.4. The Morgan fingerprint density at radius 3 is 2.68 bits per heavy atom. The van der Waals surface area contributed by atoms with Gasteiger partial charge in [-0.2, -0.15) is 10.1 Å². The van der Waals surface area contributed by atoms with E-state index in [9.17, 15) is 0 Å². The first-order valence-electron chi connectivity index (χ1n) is 10.2. The van der Waals surface area contributed by atoms with E-state index >= 15 is 0 Å². The number of fused-ring (bicyclic) bond motifs is 1. The third-order valence-electron chi connectivity index (χ3n) is 5.16. The fourth-order valence-corrected chi connectivity index (χ4v) is 3.57. The van der Waals surface area contributed by atoms with Crippen LogP contribution in [0.4, 0.5) is 0 Å². The molecule has 1 aliphatic heterocycles. The molecule has 0 spiro atoms. The number of rotatable bonds is 6. The molecule has 1 aliphatic rings. The first-order chi connectivity index (χ1) is 15.2. The van der Waals surface area contributed by atoms with E-state index in [0.717, 1.165) is 33.9 Å². The number of nitrogens with one attached hydrogen (secondary N) is 1. The predicted octanol–water partition coefficient (Wildman–Crippen LogP) is 3.76. The van der Waals surface area contributed by atoms with Crippen LogP contribution in [0.1, 0.15) is 24.4 Å². The van der Waals surface area contributed by atoms with Gasteiger partial charge in [0.1, 0.15) is 13.2 Å². The molecule has 8 nitrogen and oxygen atoms in total. The first kappa shape index (κ1) is 19.3. The van der Waals surface area contributed by atoms with Crippen molar-refractivity contribution in [3.8, 4) is 34.1 Å². The second-order valence-electron chi connectivity index (χ2n) is 7.46. The van der Waals surface area contributed by atoms with Gasteiger partial charge in [0.25, 0.3) is 0 Å². The van der Waals surface area contributed by atoms with Gasteiger partial charge in [0.15, 0.2) is 11.5 Å². The highest BCUT2D eigenvalue weighted by Gasteiger charge is 2.19. The maximum atomic E-state index is 5.72. The quantitative estimate of drug-likeness (QED) is 0.511. The molecule has 1 atom stereocenters. The highest BCUT2D eigenvalue weighted by atomic mass is 16.6. The van der Waals surface area contributed by atoms with Crippen LogP contribution in [-0.2, 0) is 13.6 Å². The maximum absolute atomic E-state index is 5.72. The summed E-state index contributed by atoms with van der Waals surface area (Å²) < 4.78 is 18.6. The van der Waals surface area contributed by atoms with Crippen molar-refractivity contribution in [2.24, 2.45) is 7.05 Å². The average Bonchev–Trinajstić information content (AvgIpc) is 3.45. The lowest BCUT2D eigenvalue weighted by molar-refractivity contribution is 0.171. The number of hydrogen-bond donors (Lipinski definition) is 1. The van der Waals surface area contributed by atoms with E-state index in [1.165, 1.54) is 0 Å². The summed E-state index contributed by atoms with van der Waals surface area (Å²) in [5, 5.41) is 12.2. The Hall–Kier alpha value is -3.65. The minimum atomic E-state index is -0.113. The van der Waals surface area contributed by atoms with Crippen LogP contribution < -0.4 is 14.8 Å². The molecule has 31 heavy (non-hydrogen) atoms. The summed E-state index contributed by atoms with van der Waals surface area (Å²) in [6.07, 6.45) is 2.01. The van der Waals surface area contributed by atoms with E-state index in [1.807, 2.05) is 73.4 Å². The van der Waals surface area contributed by atoms with Gasteiger partial charge in [0.05, 0.1) is 11.7 Å². The van der Waals surface area contributed by atoms with Gasteiger partial charge in [0, 0.05) is 36.5 Å². The van der Waals surface area contributed by atoms with Crippen LogP contribution >= 0.6 is 0 Å². The lowest BCUT2D eigenvalue weighted by Gasteiger charge is -2.18. The highest BCUT2D eigenvalue weighted by molar-refractivity contribution is 5.67. The number of ether oxygens (including phenoxy) is 2. The zero-order chi connectivity index (χ0) is 21.2. The lowest BCUT2D eigenvalue weighted by atomic mass is 10.1. The molecule has 0 fully saturated rings.